The number of pyridine rings is 1. The summed E-state index contributed by atoms with van der Waals surface area (Å²) < 4.78 is 40.2. The summed E-state index contributed by atoms with van der Waals surface area (Å²) in [6.07, 6.45) is 1.08. The van der Waals surface area contributed by atoms with Crippen molar-refractivity contribution in [2.75, 3.05) is 5.32 Å². The molecule has 6 nitrogen and oxygen atoms in total. The second-order valence-corrected chi connectivity index (χ2v) is 5.64. The molecule has 2 aromatic rings. The molecule has 23 heavy (non-hydrogen) atoms. The van der Waals surface area contributed by atoms with Gasteiger partial charge in [-0.2, -0.15) is 5.10 Å². The van der Waals surface area contributed by atoms with E-state index < -0.39 is 42.1 Å². The molecule has 2 heterocycles. The minimum Gasteiger partial charge on any atom is -0.311 e. The first-order chi connectivity index (χ1) is 10.8. The van der Waals surface area contributed by atoms with Gasteiger partial charge in [-0.3, -0.25) is 14.7 Å². The zero-order chi connectivity index (χ0) is 16.8. The number of aromatic nitrogens is 3. The van der Waals surface area contributed by atoms with Gasteiger partial charge in [0.15, 0.2) is 11.6 Å². The van der Waals surface area contributed by atoms with E-state index in [1.807, 2.05) is 0 Å². The third-order valence-electron chi connectivity index (χ3n) is 3.56. The van der Waals surface area contributed by atoms with Gasteiger partial charge in [-0.1, -0.05) is 11.6 Å². The standard InChI is InChI=1S/C13H10ClF3N4O2/c14-8-1-10(22)21(6-2-13(16,17)3-6)5-7(8)12(23)19-11-9(15)4-18-20-11/h1,4-6H,2-3H2,(H2,18,19,20,23). The first-order valence-electron chi connectivity index (χ1n) is 6.57. The van der Waals surface area contributed by atoms with Crippen LogP contribution in [0.25, 0.3) is 0 Å². The number of anilines is 1. The number of H-pyrrole nitrogens is 1. The fourth-order valence-electron chi connectivity index (χ4n) is 2.34. The van der Waals surface area contributed by atoms with Crippen LogP contribution in [0.2, 0.25) is 5.02 Å². The average Bonchev–Trinajstić information content (AvgIpc) is 2.81. The van der Waals surface area contributed by atoms with E-state index in [-0.39, 0.29) is 16.4 Å². The van der Waals surface area contributed by atoms with Crippen LogP contribution >= 0.6 is 11.6 Å². The highest BCUT2D eigenvalue weighted by Gasteiger charge is 2.46. The molecule has 2 aromatic heterocycles. The number of rotatable bonds is 3. The number of alkyl halides is 2. The highest BCUT2D eigenvalue weighted by Crippen LogP contribution is 2.44. The lowest BCUT2D eigenvalue weighted by Crippen LogP contribution is -2.41. The van der Waals surface area contributed by atoms with Gasteiger partial charge in [0, 0.05) is 31.1 Å². The smallest absolute Gasteiger partial charge is 0.259 e. The summed E-state index contributed by atoms with van der Waals surface area (Å²) in [6.45, 7) is 0. The van der Waals surface area contributed by atoms with Crippen LogP contribution in [-0.4, -0.2) is 26.6 Å². The van der Waals surface area contributed by atoms with Crippen LogP contribution < -0.4 is 10.9 Å². The summed E-state index contributed by atoms with van der Waals surface area (Å²) in [6, 6.07) is 0.261. The first-order valence-corrected chi connectivity index (χ1v) is 6.95. The van der Waals surface area contributed by atoms with Crippen molar-refractivity contribution in [1.82, 2.24) is 14.8 Å². The van der Waals surface area contributed by atoms with E-state index in [2.05, 4.69) is 15.5 Å². The van der Waals surface area contributed by atoms with Gasteiger partial charge in [0.05, 0.1) is 16.8 Å². The lowest BCUT2D eigenvalue weighted by Gasteiger charge is -2.36. The van der Waals surface area contributed by atoms with Gasteiger partial charge in [-0.25, -0.2) is 13.2 Å². The third kappa shape index (κ3) is 2.96. The van der Waals surface area contributed by atoms with E-state index in [1.54, 1.807) is 0 Å². The fraction of sp³-hybridized carbons (Fsp3) is 0.308. The Balaban J connectivity index is 1.89. The van der Waals surface area contributed by atoms with Crippen molar-refractivity contribution in [2.45, 2.75) is 24.8 Å². The number of halogens is 4. The summed E-state index contributed by atoms with van der Waals surface area (Å²) in [7, 11) is 0. The van der Waals surface area contributed by atoms with E-state index in [4.69, 9.17) is 11.6 Å². The Bertz CT molecular complexity index is 825. The molecule has 0 atom stereocenters. The molecule has 0 spiro atoms. The van der Waals surface area contributed by atoms with Gasteiger partial charge in [0.2, 0.25) is 0 Å². The molecule has 0 aromatic carbocycles. The Labute approximate surface area is 132 Å². The highest BCUT2D eigenvalue weighted by atomic mass is 35.5. The summed E-state index contributed by atoms with van der Waals surface area (Å²) in [5.74, 6) is -4.73. The maximum atomic E-state index is 13.3. The lowest BCUT2D eigenvalue weighted by molar-refractivity contribution is -0.104. The fourth-order valence-corrected chi connectivity index (χ4v) is 2.57. The van der Waals surface area contributed by atoms with Crippen LogP contribution in [0.4, 0.5) is 19.0 Å². The van der Waals surface area contributed by atoms with Gasteiger partial charge in [-0.15, -0.1) is 0 Å². The van der Waals surface area contributed by atoms with Crippen LogP contribution in [-0.2, 0) is 0 Å². The molecule has 2 N–H and O–H groups in total. The summed E-state index contributed by atoms with van der Waals surface area (Å²) in [5.41, 5.74) is -0.720. The molecule has 1 fully saturated rings. The molecule has 122 valence electrons. The van der Waals surface area contributed by atoms with Crippen molar-refractivity contribution in [3.05, 3.63) is 45.2 Å². The maximum absolute atomic E-state index is 13.3. The maximum Gasteiger partial charge on any atom is 0.259 e. The number of nitrogens with one attached hydrogen (secondary N) is 2. The molecule has 0 radical (unpaired) electrons. The summed E-state index contributed by atoms with van der Waals surface area (Å²) in [4.78, 5) is 24.0. The van der Waals surface area contributed by atoms with Crippen molar-refractivity contribution in [3.8, 4) is 0 Å². The lowest BCUT2D eigenvalue weighted by atomic mass is 9.88. The van der Waals surface area contributed by atoms with Gasteiger partial charge < -0.3 is 9.88 Å². The number of aromatic amines is 1. The van der Waals surface area contributed by atoms with Crippen LogP contribution in [0, 0.1) is 5.82 Å². The van der Waals surface area contributed by atoms with Crippen LogP contribution in [0.3, 0.4) is 0 Å². The molecule has 10 heteroatoms. The van der Waals surface area contributed by atoms with Gasteiger partial charge in [0.1, 0.15) is 0 Å². The Morgan fingerprint density at radius 2 is 2.17 bits per heavy atom. The molecule has 0 unspecified atom stereocenters. The Morgan fingerprint density at radius 1 is 1.48 bits per heavy atom. The number of carbonyl (C=O) groups is 1. The van der Waals surface area contributed by atoms with Crippen molar-refractivity contribution in [2.24, 2.45) is 0 Å². The molecule has 0 bridgehead atoms. The highest BCUT2D eigenvalue weighted by molar-refractivity contribution is 6.34. The molecular formula is C13H10ClF3N4O2. The Hall–Kier alpha value is -2.29. The zero-order valence-corrected chi connectivity index (χ0v) is 12.2. The number of hydrogen-bond acceptors (Lipinski definition) is 3. The summed E-state index contributed by atoms with van der Waals surface area (Å²) >= 11 is 5.85. The minimum atomic E-state index is -2.82. The SMILES string of the molecule is O=C(Nc1n[nH]cc1F)c1cn(C2CC(F)(F)C2)c(=O)cc1Cl. The average molecular weight is 347 g/mol. The first kappa shape index (κ1) is 15.6. The van der Waals surface area contributed by atoms with Gasteiger partial charge in [0.25, 0.3) is 17.4 Å². The van der Waals surface area contributed by atoms with Crippen LogP contribution in [0.1, 0.15) is 29.2 Å². The second-order valence-electron chi connectivity index (χ2n) is 5.23. The van der Waals surface area contributed by atoms with Gasteiger partial charge in [-0.05, 0) is 0 Å². The topological polar surface area (TPSA) is 79.8 Å². The Morgan fingerprint density at radius 3 is 2.74 bits per heavy atom. The molecule has 1 saturated carbocycles. The number of hydrogen-bond donors (Lipinski definition) is 2. The predicted octanol–water partition coefficient (Wildman–Crippen LogP) is 2.59. The van der Waals surface area contributed by atoms with Crippen molar-refractivity contribution in [3.63, 3.8) is 0 Å². The van der Waals surface area contributed by atoms with E-state index in [1.165, 1.54) is 0 Å². The molecule has 0 aliphatic heterocycles. The Kier molecular flexibility index (Phi) is 3.67. The van der Waals surface area contributed by atoms with E-state index in [0.29, 0.717) is 0 Å². The van der Waals surface area contributed by atoms with Crippen molar-refractivity contribution in [1.29, 1.82) is 0 Å². The molecule has 0 saturated heterocycles. The summed E-state index contributed by atoms with van der Waals surface area (Å²) in [5, 5.41) is 7.73. The molecule has 1 aliphatic rings. The third-order valence-corrected chi connectivity index (χ3v) is 3.88. The van der Waals surface area contributed by atoms with E-state index in [0.717, 1.165) is 23.0 Å². The van der Waals surface area contributed by atoms with Crippen LogP contribution in [0.5, 0.6) is 0 Å². The van der Waals surface area contributed by atoms with Crippen LogP contribution in [0.15, 0.2) is 23.3 Å². The molecule has 3 rings (SSSR count). The molecular weight excluding hydrogens is 337 g/mol. The number of carbonyl (C=O) groups excluding carboxylic acids is 1. The minimum absolute atomic E-state index is 0.135. The zero-order valence-electron chi connectivity index (χ0n) is 11.4. The monoisotopic (exact) mass is 346 g/mol. The quantitative estimate of drug-likeness (QED) is 0.896. The normalized spacial score (nSPS) is 16.9. The van der Waals surface area contributed by atoms with Crippen molar-refractivity contribution < 1.29 is 18.0 Å². The number of nitrogens with zero attached hydrogens (tertiary/aromatic N) is 2. The largest absolute Gasteiger partial charge is 0.311 e. The molecule has 1 amide bonds. The van der Waals surface area contributed by atoms with E-state index in [9.17, 15) is 22.8 Å². The molecule has 1 aliphatic carbocycles. The van der Waals surface area contributed by atoms with E-state index >= 15 is 0 Å². The number of amides is 1. The second kappa shape index (κ2) is 5.41. The van der Waals surface area contributed by atoms with Gasteiger partial charge >= 0.3 is 0 Å². The predicted molar refractivity (Wildman–Crippen MR) is 75.4 cm³/mol. The van der Waals surface area contributed by atoms with Crippen molar-refractivity contribution >= 4 is 23.3 Å².